The molecule has 4 aromatic rings. The van der Waals surface area contributed by atoms with Crippen LogP contribution < -0.4 is 5.56 Å². The van der Waals surface area contributed by atoms with Crippen molar-refractivity contribution in [1.82, 2.24) is 19.2 Å². The molecule has 0 spiro atoms. The van der Waals surface area contributed by atoms with E-state index in [0.29, 0.717) is 16.7 Å². The molecule has 0 atom stereocenters. The third-order valence-corrected chi connectivity index (χ3v) is 5.53. The van der Waals surface area contributed by atoms with E-state index in [-0.39, 0.29) is 11.5 Å². The molecule has 0 amide bonds. The second-order valence-electron chi connectivity index (χ2n) is 7.52. The van der Waals surface area contributed by atoms with Crippen LogP contribution >= 0.6 is 15.9 Å². The lowest BCUT2D eigenvalue weighted by Gasteiger charge is -2.12. The van der Waals surface area contributed by atoms with Gasteiger partial charge in [-0.05, 0) is 50.2 Å². The Balaban J connectivity index is 1.84. The summed E-state index contributed by atoms with van der Waals surface area (Å²) in [6, 6.07) is 11.5. The maximum Gasteiger partial charge on any atom is 0.282 e. The average molecular weight is 464 g/mol. The number of fused-ring (bicyclic) bond motifs is 1. The SMILES string of the molecule is Cc1cc(C=Nn2c(C(C)C)nc3ccc(Br)cc3c2=O)c(C)n1-c1cccnc1. The minimum atomic E-state index is -0.178. The zero-order valence-corrected chi connectivity index (χ0v) is 18.9. The van der Waals surface area contributed by atoms with Crippen LogP contribution in [0.15, 0.2) is 63.2 Å². The molecule has 0 aliphatic rings. The molecule has 7 heteroatoms. The molecule has 0 bridgehead atoms. The summed E-state index contributed by atoms with van der Waals surface area (Å²) in [5.74, 6) is 0.679. The summed E-state index contributed by atoms with van der Waals surface area (Å²) in [6.45, 7) is 8.08. The van der Waals surface area contributed by atoms with Gasteiger partial charge in [-0.25, -0.2) is 4.98 Å². The lowest BCUT2D eigenvalue weighted by atomic mass is 10.2. The summed E-state index contributed by atoms with van der Waals surface area (Å²) in [4.78, 5) is 22.1. The number of aromatic nitrogens is 4. The molecule has 4 rings (SSSR count). The summed E-state index contributed by atoms with van der Waals surface area (Å²) in [5.41, 5.74) is 4.52. The second-order valence-corrected chi connectivity index (χ2v) is 8.44. The van der Waals surface area contributed by atoms with E-state index >= 15 is 0 Å². The van der Waals surface area contributed by atoms with E-state index in [2.05, 4.69) is 36.6 Å². The minimum Gasteiger partial charge on any atom is -0.316 e. The number of hydrogen-bond acceptors (Lipinski definition) is 4. The van der Waals surface area contributed by atoms with Crippen molar-refractivity contribution in [2.75, 3.05) is 0 Å². The lowest BCUT2D eigenvalue weighted by Crippen LogP contribution is -2.23. The Labute approximate surface area is 183 Å². The van der Waals surface area contributed by atoms with Crippen LogP contribution in [-0.2, 0) is 0 Å². The third-order valence-electron chi connectivity index (χ3n) is 5.04. The van der Waals surface area contributed by atoms with Gasteiger partial charge in [-0.15, -0.1) is 0 Å². The van der Waals surface area contributed by atoms with Crippen LogP contribution in [0.1, 0.15) is 42.5 Å². The van der Waals surface area contributed by atoms with Gasteiger partial charge in [-0.2, -0.15) is 9.78 Å². The van der Waals surface area contributed by atoms with Crippen molar-refractivity contribution in [2.24, 2.45) is 5.10 Å². The van der Waals surface area contributed by atoms with Crippen molar-refractivity contribution in [1.29, 1.82) is 0 Å². The van der Waals surface area contributed by atoms with Gasteiger partial charge in [0.25, 0.3) is 5.56 Å². The van der Waals surface area contributed by atoms with Gasteiger partial charge in [0.2, 0.25) is 0 Å². The summed E-state index contributed by atoms with van der Waals surface area (Å²) >= 11 is 3.43. The normalized spacial score (nSPS) is 11.8. The van der Waals surface area contributed by atoms with Gasteiger partial charge in [0.05, 0.1) is 29.0 Å². The van der Waals surface area contributed by atoms with Crippen molar-refractivity contribution >= 4 is 33.0 Å². The van der Waals surface area contributed by atoms with Gasteiger partial charge < -0.3 is 4.57 Å². The quantitative estimate of drug-likeness (QED) is 0.401. The molecular formula is C23H22BrN5O. The number of rotatable bonds is 4. The first-order valence-electron chi connectivity index (χ1n) is 9.72. The van der Waals surface area contributed by atoms with Crippen LogP contribution in [0.3, 0.4) is 0 Å². The molecule has 30 heavy (non-hydrogen) atoms. The Kier molecular flexibility index (Phi) is 5.39. The van der Waals surface area contributed by atoms with E-state index in [1.54, 1.807) is 18.5 Å². The number of benzene rings is 1. The molecule has 0 aliphatic carbocycles. The van der Waals surface area contributed by atoms with Gasteiger partial charge in [-0.3, -0.25) is 9.78 Å². The highest BCUT2D eigenvalue weighted by Gasteiger charge is 2.14. The summed E-state index contributed by atoms with van der Waals surface area (Å²) in [5, 5.41) is 5.09. The van der Waals surface area contributed by atoms with Crippen molar-refractivity contribution in [3.8, 4) is 5.69 Å². The number of aryl methyl sites for hydroxylation is 1. The summed E-state index contributed by atoms with van der Waals surface area (Å²) in [6.07, 6.45) is 5.31. The molecule has 3 aromatic heterocycles. The van der Waals surface area contributed by atoms with E-state index in [1.165, 1.54) is 4.68 Å². The first-order valence-corrected chi connectivity index (χ1v) is 10.5. The molecule has 0 unspecified atom stereocenters. The fraction of sp³-hybridized carbons (Fsp3) is 0.217. The Morgan fingerprint density at radius 2 is 1.97 bits per heavy atom. The molecule has 0 saturated heterocycles. The van der Waals surface area contributed by atoms with Crippen molar-refractivity contribution in [3.63, 3.8) is 0 Å². The molecule has 152 valence electrons. The Bertz CT molecular complexity index is 1320. The molecule has 3 heterocycles. The minimum absolute atomic E-state index is 0.0470. The van der Waals surface area contributed by atoms with E-state index in [4.69, 9.17) is 4.98 Å². The zero-order chi connectivity index (χ0) is 21.4. The standard InChI is InChI=1S/C23H22BrN5O/c1-14(2)22-27-21-8-7-18(24)11-20(21)23(30)29(22)26-12-17-10-15(3)28(16(17)4)19-6-5-9-25-13-19/h5-14H,1-4H3. The highest BCUT2D eigenvalue weighted by Crippen LogP contribution is 2.21. The largest absolute Gasteiger partial charge is 0.316 e. The highest BCUT2D eigenvalue weighted by atomic mass is 79.9. The highest BCUT2D eigenvalue weighted by molar-refractivity contribution is 9.10. The van der Waals surface area contributed by atoms with E-state index in [0.717, 1.165) is 27.1 Å². The molecule has 0 radical (unpaired) electrons. The Morgan fingerprint density at radius 1 is 1.17 bits per heavy atom. The Morgan fingerprint density at radius 3 is 2.67 bits per heavy atom. The third kappa shape index (κ3) is 3.61. The fourth-order valence-corrected chi connectivity index (χ4v) is 3.93. The van der Waals surface area contributed by atoms with E-state index < -0.39 is 0 Å². The van der Waals surface area contributed by atoms with Crippen molar-refractivity contribution in [3.05, 3.63) is 86.4 Å². The number of nitrogens with zero attached hydrogens (tertiary/aromatic N) is 5. The molecule has 1 aromatic carbocycles. The van der Waals surface area contributed by atoms with Gasteiger partial charge >= 0.3 is 0 Å². The van der Waals surface area contributed by atoms with Crippen LogP contribution in [0.4, 0.5) is 0 Å². The van der Waals surface area contributed by atoms with E-state index in [9.17, 15) is 4.79 Å². The van der Waals surface area contributed by atoms with Gasteiger partial charge in [0, 0.05) is 33.5 Å². The first kappa shape index (κ1) is 20.2. The van der Waals surface area contributed by atoms with Gasteiger partial charge in [0.1, 0.15) is 5.82 Å². The number of pyridine rings is 1. The molecule has 0 fully saturated rings. The number of halogens is 1. The zero-order valence-electron chi connectivity index (χ0n) is 17.3. The van der Waals surface area contributed by atoms with Crippen LogP contribution in [0.5, 0.6) is 0 Å². The molecular weight excluding hydrogens is 442 g/mol. The first-order chi connectivity index (χ1) is 14.4. The maximum atomic E-state index is 13.2. The number of hydrogen-bond donors (Lipinski definition) is 0. The van der Waals surface area contributed by atoms with Crippen molar-refractivity contribution in [2.45, 2.75) is 33.6 Å². The lowest BCUT2D eigenvalue weighted by molar-refractivity contribution is 0.665. The molecule has 0 saturated carbocycles. The van der Waals surface area contributed by atoms with Crippen molar-refractivity contribution < 1.29 is 0 Å². The monoisotopic (exact) mass is 463 g/mol. The van der Waals surface area contributed by atoms with Crippen LogP contribution in [-0.4, -0.2) is 25.4 Å². The molecule has 0 aliphatic heterocycles. The fourth-order valence-electron chi connectivity index (χ4n) is 3.57. The summed E-state index contributed by atoms with van der Waals surface area (Å²) in [7, 11) is 0. The smallest absolute Gasteiger partial charge is 0.282 e. The second kappa shape index (κ2) is 7.99. The average Bonchev–Trinajstić information content (AvgIpc) is 3.01. The van der Waals surface area contributed by atoms with Crippen LogP contribution in [0.2, 0.25) is 0 Å². The van der Waals surface area contributed by atoms with Crippen LogP contribution in [0.25, 0.3) is 16.6 Å². The van der Waals surface area contributed by atoms with Crippen LogP contribution in [0, 0.1) is 13.8 Å². The Hall–Kier alpha value is -3.06. The van der Waals surface area contributed by atoms with Gasteiger partial charge in [0.15, 0.2) is 0 Å². The maximum absolute atomic E-state index is 13.2. The molecule has 0 N–H and O–H groups in total. The topological polar surface area (TPSA) is 65.1 Å². The molecule has 6 nitrogen and oxygen atoms in total. The summed E-state index contributed by atoms with van der Waals surface area (Å²) < 4.78 is 4.37. The predicted molar refractivity (Wildman–Crippen MR) is 124 cm³/mol. The van der Waals surface area contributed by atoms with Gasteiger partial charge in [-0.1, -0.05) is 29.8 Å². The van der Waals surface area contributed by atoms with E-state index in [1.807, 2.05) is 58.2 Å². The predicted octanol–water partition coefficient (Wildman–Crippen LogP) is 4.97.